The number of ketones is 1. The zero-order valence-corrected chi connectivity index (χ0v) is 13.1. The molecule has 2 saturated carbocycles. The van der Waals surface area contributed by atoms with Crippen molar-refractivity contribution >= 4 is 5.78 Å². The van der Waals surface area contributed by atoms with E-state index in [0.717, 1.165) is 32.1 Å². The molecule has 0 spiro atoms. The summed E-state index contributed by atoms with van der Waals surface area (Å²) in [5.41, 5.74) is 1.64. The maximum Gasteiger partial charge on any atom is 0.161 e. The first kappa shape index (κ1) is 13.8. The molecule has 4 aliphatic rings. The van der Waals surface area contributed by atoms with Crippen molar-refractivity contribution in [2.24, 2.45) is 28.6 Å². The lowest BCUT2D eigenvalue weighted by atomic mass is 9.48. The van der Waals surface area contributed by atoms with Crippen LogP contribution in [0.25, 0.3) is 0 Å². The van der Waals surface area contributed by atoms with Gasteiger partial charge in [0.05, 0.1) is 6.10 Å². The van der Waals surface area contributed by atoms with Crippen LogP contribution in [-0.4, -0.2) is 17.0 Å². The van der Waals surface area contributed by atoms with Crippen LogP contribution in [0.5, 0.6) is 0 Å². The Bertz CT molecular complexity index is 546. The summed E-state index contributed by atoms with van der Waals surface area (Å²) in [6.07, 6.45) is 12.6. The van der Waals surface area contributed by atoms with Crippen LogP contribution < -0.4 is 0 Å². The van der Waals surface area contributed by atoms with Crippen molar-refractivity contribution in [2.75, 3.05) is 0 Å². The fourth-order valence-electron chi connectivity index (χ4n) is 5.92. The molecule has 0 unspecified atom stereocenters. The molecule has 0 amide bonds. The average Bonchev–Trinajstić information content (AvgIpc) is 2.76. The first-order valence-corrected chi connectivity index (χ1v) is 8.55. The molecular weight excluding hydrogens is 260 g/mol. The van der Waals surface area contributed by atoms with Gasteiger partial charge in [0.1, 0.15) is 0 Å². The summed E-state index contributed by atoms with van der Waals surface area (Å²) in [5, 5.41) is 9.99. The number of carbonyl (C=O) groups excluding carboxylic acids is 1. The zero-order valence-electron chi connectivity index (χ0n) is 13.1. The third kappa shape index (κ3) is 1.72. The lowest BCUT2D eigenvalue weighted by Gasteiger charge is -2.56. The highest BCUT2D eigenvalue weighted by atomic mass is 16.3. The molecule has 4 aliphatic carbocycles. The molecule has 21 heavy (non-hydrogen) atoms. The Morgan fingerprint density at radius 1 is 1.19 bits per heavy atom. The van der Waals surface area contributed by atoms with Crippen LogP contribution in [0.2, 0.25) is 0 Å². The number of aliphatic hydroxyl groups is 1. The fourth-order valence-corrected chi connectivity index (χ4v) is 5.92. The van der Waals surface area contributed by atoms with Crippen LogP contribution in [0, 0.1) is 28.6 Å². The Labute approximate surface area is 127 Å². The first-order valence-electron chi connectivity index (χ1n) is 8.55. The van der Waals surface area contributed by atoms with E-state index in [4.69, 9.17) is 0 Å². The lowest BCUT2D eigenvalue weighted by molar-refractivity contribution is -0.129. The van der Waals surface area contributed by atoms with Gasteiger partial charge in [0.2, 0.25) is 0 Å². The number of fused-ring (bicyclic) bond motifs is 5. The molecule has 0 bridgehead atoms. The molecule has 2 heteroatoms. The van der Waals surface area contributed by atoms with Gasteiger partial charge in [-0.3, -0.25) is 4.79 Å². The zero-order chi connectivity index (χ0) is 14.8. The minimum Gasteiger partial charge on any atom is -0.393 e. The molecule has 0 aromatic carbocycles. The second kappa shape index (κ2) is 4.32. The normalized spacial score (nSPS) is 52.0. The van der Waals surface area contributed by atoms with E-state index in [1.807, 2.05) is 6.08 Å². The summed E-state index contributed by atoms with van der Waals surface area (Å²) in [4.78, 5) is 12.3. The summed E-state index contributed by atoms with van der Waals surface area (Å²) < 4.78 is 0. The van der Waals surface area contributed by atoms with Gasteiger partial charge in [-0.05, 0) is 67.8 Å². The molecule has 0 aliphatic heterocycles. The maximum absolute atomic E-state index is 12.3. The van der Waals surface area contributed by atoms with Crippen molar-refractivity contribution in [2.45, 2.75) is 58.5 Å². The summed E-state index contributed by atoms with van der Waals surface area (Å²) in [7, 11) is 0. The Hall–Kier alpha value is -0.890. The Morgan fingerprint density at radius 2 is 1.95 bits per heavy atom. The molecule has 2 nitrogen and oxygen atoms in total. The molecule has 6 atom stereocenters. The largest absolute Gasteiger partial charge is 0.393 e. The number of aliphatic hydroxyl groups excluding tert-OH is 1. The Balaban J connectivity index is 1.71. The van der Waals surface area contributed by atoms with Crippen molar-refractivity contribution < 1.29 is 9.90 Å². The highest BCUT2D eigenvalue weighted by Gasteiger charge is 2.57. The summed E-state index contributed by atoms with van der Waals surface area (Å²) in [6, 6.07) is 0. The van der Waals surface area contributed by atoms with Gasteiger partial charge >= 0.3 is 0 Å². The molecule has 0 heterocycles. The molecule has 0 radical (unpaired) electrons. The summed E-state index contributed by atoms with van der Waals surface area (Å²) >= 11 is 0. The van der Waals surface area contributed by atoms with Gasteiger partial charge in [-0.1, -0.05) is 31.6 Å². The smallest absolute Gasteiger partial charge is 0.161 e. The van der Waals surface area contributed by atoms with Gasteiger partial charge in [0.15, 0.2) is 5.78 Å². The predicted octanol–water partition coefficient (Wildman–Crippen LogP) is 3.66. The van der Waals surface area contributed by atoms with Crippen molar-refractivity contribution in [3.05, 3.63) is 23.8 Å². The minimum atomic E-state index is -0.136. The maximum atomic E-state index is 12.3. The predicted molar refractivity (Wildman–Crippen MR) is 82.6 cm³/mol. The average molecular weight is 286 g/mol. The molecule has 1 N–H and O–H groups in total. The monoisotopic (exact) mass is 286 g/mol. The molecule has 2 fully saturated rings. The van der Waals surface area contributed by atoms with Gasteiger partial charge in [-0.15, -0.1) is 0 Å². The SMILES string of the molecule is C[C@]12CC[C@H](O)CC1=CC[C@@H]1[C@H]2CC[C@]2(C)C(=O)C=C[C@H]12. The van der Waals surface area contributed by atoms with Crippen molar-refractivity contribution in [1.29, 1.82) is 0 Å². The molecular formula is C19H26O2. The first-order chi connectivity index (χ1) is 9.95. The quantitative estimate of drug-likeness (QED) is 0.690. The minimum absolute atomic E-state index is 0.128. The van der Waals surface area contributed by atoms with Crippen LogP contribution in [0.4, 0.5) is 0 Å². The third-order valence-corrected chi connectivity index (χ3v) is 7.35. The van der Waals surface area contributed by atoms with Crippen molar-refractivity contribution in [3.63, 3.8) is 0 Å². The van der Waals surface area contributed by atoms with E-state index in [1.54, 1.807) is 0 Å². The van der Waals surface area contributed by atoms with E-state index in [2.05, 4.69) is 26.0 Å². The van der Waals surface area contributed by atoms with E-state index in [9.17, 15) is 9.90 Å². The number of rotatable bonds is 0. The van der Waals surface area contributed by atoms with Crippen LogP contribution >= 0.6 is 0 Å². The molecule has 114 valence electrons. The lowest BCUT2D eigenvalue weighted by Crippen LogP contribution is -2.50. The number of hydrogen-bond acceptors (Lipinski definition) is 2. The van der Waals surface area contributed by atoms with E-state index in [0.29, 0.717) is 23.5 Å². The highest BCUT2D eigenvalue weighted by Crippen LogP contribution is 2.62. The second-order valence-corrected chi connectivity index (χ2v) is 8.25. The molecule has 0 aromatic rings. The number of allylic oxidation sites excluding steroid dienone is 3. The van der Waals surface area contributed by atoms with Gasteiger partial charge in [0.25, 0.3) is 0 Å². The van der Waals surface area contributed by atoms with Crippen LogP contribution in [-0.2, 0) is 4.79 Å². The van der Waals surface area contributed by atoms with E-state index < -0.39 is 0 Å². The van der Waals surface area contributed by atoms with Crippen LogP contribution in [0.3, 0.4) is 0 Å². The second-order valence-electron chi connectivity index (χ2n) is 8.25. The van der Waals surface area contributed by atoms with E-state index in [-0.39, 0.29) is 16.9 Å². The molecule has 4 rings (SSSR count). The fraction of sp³-hybridized carbons (Fsp3) is 0.737. The van der Waals surface area contributed by atoms with Crippen LogP contribution in [0.1, 0.15) is 52.4 Å². The number of carbonyl (C=O) groups is 1. The topological polar surface area (TPSA) is 37.3 Å². The third-order valence-electron chi connectivity index (χ3n) is 7.35. The van der Waals surface area contributed by atoms with E-state index in [1.165, 1.54) is 12.0 Å². The summed E-state index contributed by atoms with van der Waals surface area (Å²) in [5.74, 6) is 2.10. The Kier molecular flexibility index (Phi) is 2.83. The molecule has 0 saturated heterocycles. The van der Waals surface area contributed by atoms with E-state index >= 15 is 0 Å². The van der Waals surface area contributed by atoms with Gasteiger partial charge < -0.3 is 5.11 Å². The molecule has 0 aromatic heterocycles. The Morgan fingerprint density at radius 3 is 2.76 bits per heavy atom. The van der Waals surface area contributed by atoms with Crippen LogP contribution in [0.15, 0.2) is 23.8 Å². The van der Waals surface area contributed by atoms with Crippen molar-refractivity contribution in [1.82, 2.24) is 0 Å². The van der Waals surface area contributed by atoms with Crippen molar-refractivity contribution in [3.8, 4) is 0 Å². The van der Waals surface area contributed by atoms with Gasteiger partial charge in [-0.2, -0.15) is 0 Å². The van der Waals surface area contributed by atoms with Gasteiger partial charge in [-0.25, -0.2) is 0 Å². The highest BCUT2D eigenvalue weighted by molar-refractivity contribution is 5.97. The van der Waals surface area contributed by atoms with Gasteiger partial charge in [0, 0.05) is 5.41 Å². The summed E-state index contributed by atoms with van der Waals surface area (Å²) in [6.45, 7) is 4.60. The number of hydrogen-bond donors (Lipinski definition) is 1. The standard InChI is InChI=1S/C19H26O2/c1-18-9-7-13(20)11-12(18)3-4-14-15-5-6-17(21)19(15,2)10-8-16(14)18/h3,5-6,13-16,20H,4,7-11H2,1-2H3/t13-,14-,15+,16+,18-,19-/m0/s1.